The lowest BCUT2D eigenvalue weighted by Gasteiger charge is -2.36. The van der Waals surface area contributed by atoms with E-state index in [1.165, 1.54) is 18.0 Å². The first-order valence-electron chi connectivity index (χ1n) is 10.0. The predicted octanol–water partition coefficient (Wildman–Crippen LogP) is 1.92. The molecule has 148 valence electrons. The van der Waals surface area contributed by atoms with E-state index in [1.54, 1.807) is 0 Å². The molecule has 0 bridgehead atoms. The van der Waals surface area contributed by atoms with Crippen LogP contribution in [0.2, 0.25) is 0 Å². The third kappa shape index (κ3) is 6.09. The number of hydrogen-bond acceptors (Lipinski definition) is 6. The smallest absolute Gasteiger partial charge is 0.205 e. The van der Waals surface area contributed by atoms with Crippen molar-refractivity contribution in [3.05, 3.63) is 5.82 Å². The zero-order valence-corrected chi connectivity index (χ0v) is 17.7. The maximum Gasteiger partial charge on any atom is 0.205 e. The molecule has 7 nitrogen and oxygen atoms in total. The van der Waals surface area contributed by atoms with Crippen LogP contribution >= 0.6 is 11.5 Å². The summed E-state index contributed by atoms with van der Waals surface area (Å²) in [7, 11) is 0. The zero-order chi connectivity index (χ0) is 18.8. The Morgan fingerprint density at radius 1 is 1.15 bits per heavy atom. The number of aliphatic imine (C=N–C) groups is 1. The number of nitrogens with one attached hydrogen (secondary N) is 1. The van der Waals surface area contributed by atoms with Crippen molar-refractivity contribution < 1.29 is 0 Å². The topological polar surface area (TPSA) is 59.9 Å². The zero-order valence-electron chi connectivity index (χ0n) is 16.9. The van der Waals surface area contributed by atoms with E-state index in [4.69, 9.17) is 4.99 Å². The van der Waals surface area contributed by atoms with E-state index in [0.29, 0.717) is 0 Å². The number of hydrogen-bond donors (Lipinski definition) is 1. The van der Waals surface area contributed by atoms with Gasteiger partial charge in [0, 0.05) is 57.2 Å². The van der Waals surface area contributed by atoms with Crippen molar-refractivity contribution in [3.63, 3.8) is 0 Å². The van der Waals surface area contributed by atoms with Gasteiger partial charge in [0.2, 0.25) is 5.13 Å². The van der Waals surface area contributed by atoms with Gasteiger partial charge < -0.3 is 20.0 Å². The number of guanidine groups is 1. The summed E-state index contributed by atoms with van der Waals surface area (Å²) in [5, 5.41) is 4.51. The van der Waals surface area contributed by atoms with Gasteiger partial charge in [-0.2, -0.15) is 4.37 Å². The van der Waals surface area contributed by atoms with Crippen molar-refractivity contribution in [1.29, 1.82) is 0 Å². The Morgan fingerprint density at radius 2 is 1.92 bits per heavy atom. The minimum absolute atomic E-state index is 0.854. The normalized spacial score (nSPS) is 15.8. The van der Waals surface area contributed by atoms with Crippen molar-refractivity contribution in [2.24, 2.45) is 4.99 Å². The number of anilines is 1. The standard InChI is InChI=1S/C18H35N7S/c1-5-10-23(8-4)11-9-20-17(19-7-3)24-12-14-25(15-13-24)18-21-16(6-2)22-26-18/h5-15H2,1-4H3,(H,19,20). The highest BCUT2D eigenvalue weighted by molar-refractivity contribution is 7.09. The summed E-state index contributed by atoms with van der Waals surface area (Å²) in [6, 6.07) is 0. The molecular weight excluding hydrogens is 346 g/mol. The summed E-state index contributed by atoms with van der Waals surface area (Å²) in [4.78, 5) is 16.7. The van der Waals surface area contributed by atoms with E-state index in [1.807, 2.05) is 0 Å². The Bertz CT molecular complexity index is 537. The molecule has 0 saturated carbocycles. The predicted molar refractivity (Wildman–Crippen MR) is 111 cm³/mol. The number of nitrogens with zero attached hydrogens (tertiary/aromatic N) is 6. The maximum absolute atomic E-state index is 4.87. The van der Waals surface area contributed by atoms with Crippen LogP contribution in [0.5, 0.6) is 0 Å². The fourth-order valence-electron chi connectivity index (χ4n) is 3.09. The molecule has 8 heteroatoms. The lowest BCUT2D eigenvalue weighted by molar-refractivity contribution is 0.296. The lowest BCUT2D eigenvalue weighted by atomic mass is 10.3. The largest absolute Gasteiger partial charge is 0.357 e. The van der Waals surface area contributed by atoms with Crippen LogP contribution in [0.1, 0.15) is 39.9 Å². The summed E-state index contributed by atoms with van der Waals surface area (Å²) >= 11 is 1.52. The lowest BCUT2D eigenvalue weighted by Crippen LogP contribution is -2.52. The van der Waals surface area contributed by atoms with Gasteiger partial charge in [-0.05, 0) is 26.4 Å². The van der Waals surface area contributed by atoms with Crippen molar-refractivity contribution in [3.8, 4) is 0 Å². The van der Waals surface area contributed by atoms with E-state index in [-0.39, 0.29) is 0 Å². The first-order chi connectivity index (χ1) is 12.7. The van der Waals surface area contributed by atoms with Crippen LogP contribution in [0, 0.1) is 0 Å². The molecule has 0 unspecified atom stereocenters. The first-order valence-corrected chi connectivity index (χ1v) is 10.8. The average molecular weight is 382 g/mol. The van der Waals surface area contributed by atoms with Crippen LogP contribution in [0.15, 0.2) is 4.99 Å². The van der Waals surface area contributed by atoms with Crippen LogP contribution in [0.25, 0.3) is 0 Å². The number of rotatable bonds is 9. The molecule has 0 spiro atoms. The van der Waals surface area contributed by atoms with Crippen LogP contribution in [0.4, 0.5) is 5.13 Å². The quantitative estimate of drug-likeness (QED) is 0.521. The van der Waals surface area contributed by atoms with Crippen LogP contribution < -0.4 is 10.2 Å². The molecule has 1 aromatic heterocycles. The summed E-state index contributed by atoms with van der Waals surface area (Å²) in [6.45, 7) is 17.6. The van der Waals surface area contributed by atoms with Gasteiger partial charge in [0.1, 0.15) is 5.82 Å². The van der Waals surface area contributed by atoms with Gasteiger partial charge in [-0.15, -0.1) is 0 Å². The molecule has 1 saturated heterocycles. The molecule has 2 rings (SSSR count). The third-order valence-electron chi connectivity index (χ3n) is 4.62. The molecule has 0 aliphatic carbocycles. The maximum atomic E-state index is 4.87. The highest BCUT2D eigenvalue weighted by Gasteiger charge is 2.22. The molecule has 0 atom stereocenters. The van der Waals surface area contributed by atoms with Gasteiger partial charge in [0.05, 0.1) is 6.54 Å². The first kappa shape index (κ1) is 20.9. The van der Waals surface area contributed by atoms with Crippen LogP contribution in [-0.4, -0.2) is 84.0 Å². The van der Waals surface area contributed by atoms with E-state index >= 15 is 0 Å². The van der Waals surface area contributed by atoms with Gasteiger partial charge >= 0.3 is 0 Å². The van der Waals surface area contributed by atoms with Crippen molar-refractivity contribution in [1.82, 2.24) is 24.5 Å². The summed E-state index contributed by atoms with van der Waals surface area (Å²) < 4.78 is 4.41. The van der Waals surface area contributed by atoms with Gasteiger partial charge in [0.25, 0.3) is 0 Å². The molecule has 0 radical (unpaired) electrons. The van der Waals surface area contributed by atoms with Gasteiger partial charge in [-0.3, -0.25) is 4.99 Å². The van der Waals surface area contributed by atoms with E-state index in [0.717, 1.165) is 82.2 Å². The molecular formula is C18H35N7S. The van der Waals surface area contributed by atoms with Crippen LogP contribution in [0.3, 0.4) is 0 Å². The number of aryl methyl sites for hydroxylation is 1. The van der Waals surface area contributed by atoms with Gasteiger partial charge in [-0.25, -0.2) is 4.98 Å². The summed E-state index contributed by atoms with van der Waals surface area (Å²) in [6.07, 6.45) is 2.10. The molecule has 1 aromatic rings. The van der Waals surface area contributed by atoms with Gasteiger partial charge in [-0.1, -0.05) is 20.8 Å². The van der Waals surface area contributed by atoms with Crippen molar-refractivity contribution in [2.45, 2.75) is 40.5 Å². The Hall–Kier alpha value is -1.41. The minimum Gasteiger partial charge on any atom is -0.357 e. The molecule has 1 aliphatic rings. The second-order valence-corrected chi connectivity index (χ2v) is 7.22. The number of likely N-dealkylation sites (N-methyl/N-ethyl adjacent to an activating group) is 1. The Labute approximate surface area is 162 Å². The Morgan fingerprint density at radius 3 is 2.50 bits per heavy atom. The SMILES string of the molecule is CCCN(CC)CCN=C(NCC)N1CCN(c2nc(CC)ns2)CC1. The molecule has 1 fully saturated rings. The van der Waals surface area contributed by atoms with Crippen molar-refractivity contribution in [2.75, 3.05) is 63.8 Å². The van der Waals surface area contributed by atoms with E-state index in [9.17, 15) is 0 Å². The minimum atomic E-state index is 0.854. The average Bonchev–Trinajstić information content (AvgIpc) is 3.16. The molecule has 1 N–H and O–H groups in total. The second kappa shape index (κ2) is 11.3. The summed E-state index contributed by atoms with van der Waals surface area (Å²) in [5.74, 6) is 2.00. The highest BCUT2D eigenvalue weighted by atomic mass is 32.1. The molecule has 1 aliphatic heterocycles. The Balaban J connectivity index is 1.87. The summed E-state index contributed by atoms with van der Waals surface area (Å²) in [5.41, 5.74) is 0. The molecule has 0 aromatic carbocycles. The number of piperazine rings is 1. The monoisotopic (exact) mass is 381 g/mol. The van der Waals surface area contributed by atoms with Crippen molar-refractivity contribution >= 4 is 22.6 Å². The third-order valence-corrected chi connectivity index (χ3v) is 5.44. The fraction of sp³-hybridized carbons (Fsp3) is 0.833. The molecule has 26 heavy (non-hydrogen) atoms. The molecule has 0 amide bonds. The fourth-order valence-corrected chi connectivity index (χ4v) is 3.89. The second-order valence-electron chi connectivity index (χ2n) is 6.49. The Kier molecular flexibility index (Phi) is 9.11. The molecule has 2 heterocycles. The van der Waals surface area contributed by atoms with E-state index < -0.39 is 0 Å². The van der Waals surface area contributed by atoms with Gasteiger partial charge in [0.15, 0.2) is 5.96 Å². The van der Waals surface area contributed by atoms with E-state index in [2.05, 4.69) is 57.1 Å². The number of aromatic nitrogens is 2. The highest BCUT2D eigenvalue weighted by Crippen LogP contribution is 2.19. The van der Waals surface area contributed by atoms with Crippen LogP contribution in [-0.2, 0) is 6.42 Å².